The van der Waals surface area contributed by atoms with Gasteiger partial charge in [-0.25, -0.2) is 13.1 Å². The van der Waals surface area contributed by atoms with Crippen LogP contribution in [0.5, 0.6) is 5.75 Å². The zero-order valence-electron chi connectivity index (χ0n) is 20.4. The van der Waals surface area contributed by atoms with Crippen LogP contribution >= 0.6 is 11.3 Å². The van der Waals surface area contributed by atoms with Crippen LogP contribution in [0.3, 0.4) is 0 Å². The largest absolute Gasteiger partial charge is 0.490 e. The number of benzene rings is 1. The van der Waals surface area contributed by atoms with Crippen molar-refractivity contribution in [3.63, 3.8) is 0 Å². The minimum atomic E-state index is -3.82. The van der Waals surface area contributed by atoms with Crippen molar-refractivity contribution in [1.29, 1.82) is 5.26 Å². The highest BCUT2D eigenvalue weighted by Crippen LogP contribution is 2.42. The summed E-state index contributed by atoms with van der Waals surface area (Å²) in [5, 5.41) is 19.8. The van der Waals surface area contributed by atoms with Crippen LogP contribution in [0, 0.1) is 11.3 Å². The maximum atomic E-state index is 12.5. The summed E-state index contributed by atoms with van der Waals surface area (Å²) in [6.45, 7) is 3.82. The van der Waals surface area contributed by atoms with E-state index in [0.29, 0.717) is 22.7 Å². The first-order chi connectivity index (χ1) is 17.2. The standard InChI is InChI=1S/C25H28N4O5S2/c1-15(2)34-22-11-10-16(12-17(22)13-26)24-27-28-25(35-24)20-8-4-7-19-18(20)6-5-9-21(19)29-36(31,32)14-23(30)33-3/h8,10-12,15,21,29H,4-7,9,14H2,1-3H3/t21-/m1/s1. The van der Waals surface area contributed by atoms with E-state index >= 15 is 0 Å². The van der Waals surface area contributed by atoms with Crippen LogP contribution in [0.2, 0.25) is 0 Å². The van der Waals surface area contributed by atoms with E-state index in [-0.39, 0.29) is 12.1 Å². The Bertz CT molecular complexity index is 1370. The Balaban J connectivity index is 1.59. The number of ether oxygens (including phenoxy) is 2. The fraction of sp³-hybridized carbons (Fsp3) is 0.440. The van der Waals surface area contributed by atoms with Crippen LogP contribution in [0.15, 0.2) is 35.4 Å². The maximum absolute atomic E-state index is 12.5. The molecule has 1 aromatic heterocycles. The summed E-state index contributed by atoms with van der Waals surface area (Å²) in [4.78, 5) is 11.5. The van der Waals surface area contributed by atoms with Gasteiger partial charge in [0.2, 0.25) is 10.0 Å². The summed E-state index contributed by atoms with van der Waals surface area (Å²) in [5.41, 5.74) is 4.35. The van der Waals surface area contributed by atoms with Crippen LogP contribution in [0.1, 0.15) is 56.5 Å². The Kier molecular flexibility index (Phi) is 7.88. The summed E-state index contributed by atoms with van der Waals surface area (Å²) in [7, 11) is -2.65. The van der Waals surface area contributed by atoms with Gasteiger partial charge >= 0.3 is 5.97 Å². The number of allylic oxidation sites excluding steroid dienone is 3. The van der Waals surface area contributed by atoms with Gasteiger partial charge in [-0.3, -0.25) is 4.79 Å². The number of nitrogens with one attached hydrogen (secondary N) is 1. The molecule has 36 heavy (non-hydrogen) atoms. The van der Waals surface area contributed by atoms with Gasteiger partial charge in [-0.15, -0.1) is 10.2 Å². The van der Waals surface area contributed by atoms with E-state index in [1.807, 2.05) is 19.9 Å². The second-order valence-corrected chi connectivity index (χ2v) is 11.7. The molecule has 0 amide bonds. The first-order valence-corrected chi connectivity index (χ1v) is 14.2. The first kappa shape index (κ1) is 26.0. The highest BCUT2D eigenvalue weighted by molar-refractivity contribution is 7.90. The number of methoxy groups -OCH3 is 1. The number of carbonyl (C=O) groups is 1. The number of hydrogen-bond acceptors (Lipinski definition) is 9. The molecule has 11 heteroatoms. The van der Waals surface area contributed by atoms with Crippen LogP contribution < -0.4 is 9.46 Å². The molecule has 1 heterocycles. The number of aromatic nitrogens is 2. The second kappa shape index (κ2) is 10.9. The van der Waals surface area contributed by atoms with Crippen LogP contribution in [0.4, 0.5) is 0 Å². The highest BCUT2D eigenvalue weighted by Gasteiger charge is 2.32. The molecule has 0 fully saturated rings. The number of nitriles is 1. The van der Waals surface area contributed by atoms with E-state index in [9.17, 15) is 18.5 Å². The Morgan fingerprint density at radius 3 is 2.78 bits per heavy atom. The van der Waals surface area contributed by atoms with Gasteiger partial charge in [-0.1, -0.05) is 17.4 Å². The van der Waals surface area contributed by atoms with Gasteiger partial charge < -0.3 is 9.47 Å². The third-order valence-electron chi connectivity index (χ3n) is 6.04. The van der Waals surface area contributed by atoms with Crippen molar-refractivity contribution in [3.05, 3.63) is 46.0 Å². The van der Waals surface area contributed by atoms with E-state index in [1.165, 1.54) is 18.4 Å². The molecule has 0 spiro atoms. The van der Waals surface area contributed by atoms with E-state index in [4.69, 9.17) is 4.74 Å². The van der Waals surface area contributed by atoms with E-state index in [2.05, 4.69) is 31.8 Å². The third-order valence-corrected chi connectivity index (χ3v) is 8.30. The molecule has 0 aliphatic heterocycles. The average Bonchev–Trinajstić information content (AvgIpc) is 3.33. The summed E-state index contributed by atoms with van der Waals surface area (Å²) in [6, 6.07) is 7.24. The van der Waals surface area contributed by atoms with Crippen molar-refractivity contribution in [2.24, 2.45) is 0 Å². The Morgan fingerprint density at radius 1 is 1.28 bits per heavy atom. The fourth-order valence-electron chi connectivity index (χ4n) is 4.53. The van der Waals surface area contributed by atoms with Crippen molar-refractivity contribution >= 4 is 32.9 Å². The molecule has 0 bridgehead atoms. The summed E-state index contributed by atoms with van der Waals surface area (Å²) in [5.74, 6) is -0.952. The molecule has 9 nitrogen and oxygen atoms in total. The quantitative estimate of drug-likeness (QED) is 0.509. The van der Waals surface area contributed by atoms with Gasteiger partial charge in [-0.2, -0.15) is 5.26 Å². The molecule has 1 N–H and O–H groups in total. The van der Waals surface area contributed by atoms with Crippen LogP contribution in [-0.4, -0.2) is 49.6 Å². The monoisotopic (exact) mass is 528 g/mol. The lowest BCUT2D eigenvalue weighted by atomic mass is 9.79. The van der Waals surface area contributed by atoms with Crippen LogP contribution in [0.25, 0.3) is 16.1 Å². The molecule has 190 valence electrons. The minimum absolute atomic E-state index is 0.0407. The Hall–Kier alpha value is -3.07. The minimum Gasteiger partial charge on any atom is -0.490 e. The number of rotatable bonds is 8. The summed E-state index contributed by atoms with van der Waals surface area (Å²) < 4.78 is 37.9. The number of sulfonamides is 1. The zero-order valence-corrected chi connectivity index (χ0v) is 22.0. The van der Waals surface area contributed by atoms with Crippen molar-refractivity contribution in [2.45, 2.75) is 58.1 Å². The summed E-state index contributed by atoms with van der Waals surface area (Å²) >= 11 is 1.44. The predicted octanol–water partition coefficient (Wildman–Crippen LogP) is 3.98. The lowest BCUT2D eigenvalue weighted by Gasteiger charge is -2.32. The second-order valence-electron chi connectivity index (χ2n) is 8.96. The molecule has 0 saturated heterocycles. The smallest absolute Gasteiger partial charge is 0.322 e. The van der Waals surface area contributed by atoms with Crippen molar-refractivity contribution < 1.29 is 22.7 Å². The molecule has 0 saturated carbocycles. The number of hydrogen-bond donors (Lipinski definition) is 1. The molecular weight excluding hydrogens is 500 g/mol. The average molecular weight is 529 g/mol. The number of esters is 1. The summed E-state index contributed by atoms with van der Waals surface area (Å²) in [6.07, 6.45) is 5.92. The van der Waals surface area contributed by atoms with Crippen molar-refractivity contribution in [2.75, 3.05) is 12.9 Å². The SMILES string of the molecule is COC(=O)CS(=O)(=O)N[C@@H]1CCCC2=C1CCC=C2c1nnc(-c2ccc(OC(C)C)c(C#N)c2)s1. The van der Waals surface area contributed by atoms with E-state index in [1.54, 1.807) is 12.1 Å². The molecule has 2 aromatic rings. The van der Waals surface area contributed by atoms with Gasteiger partial charge in [0.25, 0.3) is 0 Å². The molecule has 2 aliphatic carbocycles. The lowest BCUT2D eigenvalue weighted by Crippen LogP contribution is -2.41. The van der Waals surface area contributed by atoms with Gasteiger partial charge in [0, 0.05) is 17.2 Å². The molecular formula is C25H28N4O5S2. The molecule has 0 radical (unpaired) electrons. The fourth-order valence-corrected chi connectivity index (χ4v) is 6.64. The molecule has 4 rings (SSSR count). The first-order valence-electron chi connectivity index (χ1n) is 11.7. The molecule has 0 unspecified atom stereocenters. The van der Waals surface area contributed by atoms with E-state index in [0.717, 1.165) is 53.0 Å². The predicted molar refractivity (Wildman–Crippen MR) is 137 cm³/mol. The molecule has 1 atom stereocenters. The van der Waals surface area contributed by atoms with Gasteiger partial charge in [0.15, 0.2) is 5.75 Å². The van der Waals surface area contributed by atoms with Crippen LogP contribution in [-0.2, 0) is 19.6 Å². The van der Waals surface area contributed by atoms with Crippen molar-refractivity contribution in [1.82, 2.24) is 14.9 Å². The number of nitrogens with zero attached hydrogens (tertiary/aromatic N) is 3. The highest BCUT2D eigenvalue weighted by atomic mass is 32.2. The zero-order chi connectivity index (χ0) is 25.9. The van der Waals surface area contributed by atoms with Crippen molar-refractivity contribution in [3.8, 4) is 22.4 Å². The molecule has 1 aromatic carbocycles. The Labute approximate surface area is 214 Å². The molecule has 2 aliphatic rings. The Morgan fingerprint density at radius 2 is 2.06 bits per heavy atom. The van der Waals surface area contributed by atoms with Gasteiger partial charge in [-0.05, 0) is 75.3 Å². The lowest BCUT2D eigenvalue weighted by molar-refractivity contribution is -0.137. The topological polar surface area (TPSA) is 131 Å². The maximum Gasteiger partial charge on any atom is 0.322 e. The third kappa shape index (κ3) is 5.83. The number of carbonyl (C=O) groups excluding carboxylic acids is 1. The van der Waals surface area contributed by atoms with Gasteiger partial charge in [0.05, 0.1) is 18.8 Å². The normalized spacial score (nSPS) is 17.9. The van der Waals surface area contributed by atoms with E-state index < -0.39 is 21.7 Å². The van der Waals surface area contributed by atoms with Gasteiger partial charge in [0.1, 0.15) is 21.8 Å².